The van der Waals surface area contributed by atoms with E-state index < -0.39 is 0 Å². The lowest BCUT2D eigenvalue weighted by Gasteiger charge is -2.08. The molecule has 25 heavy (non-hydrogen) atoms. The van der Waals surface area contributed by atoms with Crippen molar-refractivity contribution in [2.24, 2.45) is 5.10 Å². The van der Waals surface area contributed by atoms with Crippen LogP contribution >= 0.6 is 23.2 Å². The van der Waals surface area contributed by atoms with E-state index in [-0.39, 0.29) is 12.5 Å². The second kappa shape index (κ2) is 8.01. The van der Waals surface area contributed by atoms with E-state index in [9.17, 15) is 4.79 Å². The summed E-state index contributed by atoms with van der Waals surface area (Å²) in [4.78, 5) is 11.9. The molecule has 0 aliphatic carbocycles. The second-order valence-electron chi connectivity index (χ2n) is 5.23. The molecule has 0 atom stereocenters. The van der Waals surface area contributed by atoms with E-state index in [1.165, 1.54) is 6.21 Å². The van der Waals surface area contributed by atoms with Crippen molar-refractivity contribution in [3.63, 3.8) is 0 Å². The third-order valence-electron chi connectivity index (χ3n) is 3.45. The highest BCUT2D eigenvalue weighted by Crippen LogP contribution is 2.25. The molecule has 3 aromatic carbocycles. The largest absolute Gasteiger partial charge is 0.483 e. The SMILES string of the molecule is O=C(COc1cccc2ccccc12)N/N=C/c1ccc(Cl)c(Cl)c1. The molecule has 0 spiro atoms. The van der Waals surface area contributed by atoms with E-state index in [1.807, 2.05) is 42.5 Å². The summed E-state index contributed by atoms with van der Waals surface area (Å²) in [6, 6.07) is 18.6. The lowest BCUT2D eigenvalue weighted by Crippen LogP contribution is -2.24. The van der Waals surface area contributed by atoms with E-state index in [2.05, 4.69) is 10.5 Å². The van der Waals surface area contributed by atoms with Gasteiger partial charge in [-0.2, -0.15) is 5.10 Å². The predicted molar refractivity (Wildman–Crippen MR) is 102 cm³/mol. The first-order valence-electron chi connectivity index (χ1n) is 7.51. The van der Waals surface area contributed by atoms with Crippen molar-refractivity contribution < 1.29 is 9.53 Å². The fourth-order valence-electron chi connectivity index (χ4n) is 2.27. The standard InChI is InChI=1S/C19H14Cl2N2O2/c20-16-9-8-13(10-17(16)21)11-22-23-19(24)12-25-18-7-3-5-14-4-1-2-6-15(14)18/h1-11H,12H2,(H,23,24)/b22-11+. The molecule has 0 heterocycles. The number of nitrogens with zero attached hydrogens (tertiary/aromatic N) is 1. The second-order valence-corrected chi connectivity index (χ2v) is 6.05. The number of benzene rings is 3. The van der Waals surface area contributed by atoms with E-state index in [4.69, 9.17) is 27.9 Å². The van der Waals surface area contributed by atoms with Gasteiger partial charge in [0.2, 0.25) is 0 Å². The summed E-state index contributed by atoms with van der Waals surface area (Å²) in [6.45, 7) is -0.132. The van der Waals surface area contributed by atoms with Gasteiger partial charge in [-0.1, -0.05) is 65.7 Å². The molecule has 0 aromatic heterocycles. The normalized spacial score (nSPS) is 11.0. The molecule has 0 saturated heterocycles. The fraction of sp³-hybridized carbons (Fsp3) is 0.0526. The van der Waals surface area contributed by atoms with Crippen molar-refractivity contribution in [3.05, 3.63) is 76.3 Å². The number of carbonyl (C=O) groups excluding carboxylic acids is 1. The van der Waals surface area contributed by atoms with Crippen LogP contribution in [0.4, 0.5) is 0 Å². The van der Waals surface area contributed by atoms with Crippen LogP contribution < -0.4 is 10.2 Å². The molecule has 126 valence electrons. The van der Waals surface area contributed by atoms with Gasteiger partial charge in [0.05, 0.1) is 16.3 Å². The molecule has 0 aliphatic heterocycles. The highest BCUT2D eigenvalue weighted by Gasteiger charge is 2.05. The number of carbonyl (C=O) groups is 1. The quantitative estimate of drug-likeness (QED) is 0.522. The van der Waals surface area contributed by atoms with Crippen LogP contribution in [0.2, 0.25) is 10.0 Å². The lowest BCUT2D eigenvalue weighted by atomic mass is 10.1. The Kier molecular flexibility index (Phi) is 5.53. The van der Waals surface area contributed by atoms with Crippen molar-refractivity contribution in [1.29, 1.82) is 0 Å². The Morgan fingerprint density at radius 2 is 1.84 bits per heavy atom. The zero-order chi connectivity index (χ0) is 17.6. The predicted octanol–water partition coefficient (Wildman–Crippen LogP) is 4.68. The van der Waals surface area contributed by atoms with Crippen molar-refractivity contribution >= 4 is 46.1 Å². The number of halogens is 2. The average Bonchev–Trinajstić information content (AvgIpc) is 2.63. The Labute approximate surface area is 155 Å². The Morgan fingerprint density at radius 1 is 1.04 bits per heavy atom. The molecule has 4 nitrogen and oxygen atoms in total. The topological polar surface area (TPSA) is 50.7 Å². The summed E-state index contributed by atoms with van der Waals surface area (Å²) >= 11 is 11.8. The fourth-order valence-corrected chi connectivity index (χ4v) is 2.58. The maximum Gasteiger partial charge on any atom is 0.277 e. The van der Waals surface area contributed by atoms with Crippen LogP contribution in [0.5, 0.6) is 5.75 Å². The number of hydrazone groups is 1. The van der Waals surface area contributed by atoms with E-state index in [0.29, 0.717) is 15.8 Å². The van der Waals surface area contributed by atoms with Crippen LogP contribution in [0.1, 0.15) is 5.56 Å². The minimum absolute atomic E-state index is 0.132. The van der Waals surface area contributed by atoms with Crippen LogP contribution in [0, 0.1) is 0 Å². The van der Waals surface area contributed by atoms with Crippen LogP contribution in [-0.2, 0) is 4.79 Å². The summed E-state index contributed by atoms with van der Waals surface area (Å²) in [5, 5.41) is 6.78. The van der Waals surface area contributed by atoms with Crippen molar-refractivity contribution in [2.45, 2.75) is 0 Å². The number of amides is 1. The molecule has 0 bridgehead atoms. The summed E-state index contributed by atoms with van der Waals surface area (Å²) < 4.78 is 5.59. The van der Waals surface area contributed by atoms with Gasteiger partial charge in [-0.15, -0.1) is 0 Å². The molecule has 3 aromatic rings. The molecule has 3 rings (SSSR count). The third kappa shape index (κ3) is 4.50. The minimum Gasteiger partial charge on any atom is -0.483 e. The lowest BCUT2D eigenvalue weighted by molar-refractivity contribution is -0.123. The molecule has 0 radical (unpaired) electrons. The molecule has 0 unspecified atom stereocenters. The number of rotatable bonds is 5. The Bertz CT molecular complexity index is 936. The first-order chi connectivity index (χ1) is 12.1. The average molecular weight is 373 g/mol. The molecule has 1 amide bonds. The van der Waals surface area contributed by atoms with Crippen molar-refractivity contribution in [1.82, 2.24) is 5.43 Å². The molecule has 1 N–H and O–H groups in total. The highest BCUT2D eigenvalue weighted by atomic mass is 35.5. The zero-order valence-electron chi connectivity index (χ0n) is 13.1. The van der Waals surface area contributed by atoms with Gasteiger partial charge in [0.1, 0.15) is 5.75 Å². The maximum atomic E-state index is 11.9. The number of fused-ring (bicyclic) bond motifs is 1. The molecule has 6 heteroatoms. The number of hydrogen-bond donors (Lipinski definition) is 1. The van der Waals surface area contributed by atoms with Gasteiger partial charge < -0.3 is 4.74 Å². The van der Waals surface area contributed by atoms with E-state index in [1.54, 1.807) is 18.2 Å². The summed E-state index contributed by atoms with van der Waals surface area (Å²) in [7, 11) is 0. The number of hydrogen-bond acceptors (Lipinski definition) is 3. The van der Waals surface area contributed by atoms with Crippen LogP contribution in [0.15, 0.2) is 65.8 Å². The third-order valence-corrected chi connectivity index (χ3v) is 4.19. The van der Waals surface area contributed by atoms with E-state index in [0.717, 1.165) is 16.3 Å². The maximum absolute atomic E-state index is 11.9. The van der Waals surface area contributed by atoms with E-state index >= 15 is 0 Å². The molecule has 0 saturated carbocycles. The highest BCUT2D eigenvalue weighted by molar-refractivity contribution is 6.42. The Balaban J connectivity index is 1.57. The van der Waals surface area contributed by atoms with Gasteiger partial charge in [0.25, 0.3) is 5.91 Å². The molecule has 0 aliphatic rings. The number of nitrogens with one attached hydrogen (secondary N) is 1. The zero-order valence-corrected chi connectivity index (χ0v) is 14.6. The summed E-state index contributed by atoms with van der Waals surface area (Å²) in [5.41, 5.74) is 3.14. The molecular formula is C19H14Cl2N2O2. The van der Waals surface area contributed by atoms with Crippen molar-refractivity contribution in [3.8, 4) is 5.75 Å². The monoisotopic (exact) mass is 372 g/mol. The Morgan fingerprint density at radius 3 is 2.68 bits per heavy atom. The van der Waals surface area contributed by atoms with Crippen LogP contribution in [0.25, 0.3) is 10.8 Å². The first-order valence-corrected chi connectivity index (χ1v) is 8.26. The van der Waals surface area contributed by atoms with Crippen LogP contribution in [-0.4, -0.2) is 18.7 Å². The van der Waals surface area contributed by atoms with Gasteiger partial charge >= 0.3 is 0 Å². The Hall–Kier alpha value is -2.56. The summed E-state index contributed by atoms with van der Waals surface area (Å²) in [5.74, 6) is 0.297. The molecular weight excluding hydrogens is 359 g/mol. The van der Waals surface area contributed by atoms with Gasteiger partial charge in [0.15, 0.2) is 6.61 Å². The van der Waals surface area contributed by atoms with Gasteiger partial charge in [-0.05, 0) is 29.1 Å². The van der Waals surface area contributed by atoms with Crippen molar-refractivity contribution in [2.75, 3.05) is 6.61 Å². The number of ether oxygens (including phenoxy) is 1. The molecule has 0 fully saturated rings. The van der Waals surface area contributed by atoms with Gasteiger partial charge in [0, 0.05) is 5.39 Å². The smallest absolute Gasteiger partial charge is 0.277 e. The summed E-state index contributed by atoms with van der Waals surface area (Å²) in [6.07, 6.45) is 1.48. The van der Waals surface area contributed by atoms with Gasteiger partial charge in [-0.25, -0.2) is 5.43 Å². The van der Waals surface area contributed by atoms with Gasteiger partial charge in [-0.3, -0.25) is 4.79 Å². The van der Waals surface area contributed by atoms with Crippen LogP contribution in [0.3, 0.4) is 0 Å². The first kappa shape index (κ1) is 17.3. The minimum atomic E-state index is -0.357.